The highest BCUT2D eigenvalue weighted by Crippen LogP contribution is 2.16. The lowest BCUT2D eigenvalue weighted by molar-refractivity contribution is -0.122. The summed E-state index contributed by atoms with van der Waals surface area (Å²) in [5.41, 5.74) is 0.971. The average molecular weight is 326 g/mol. The van der Waals surface area contributed by atoms with Crippen molar-refractivity contribution in [2.24, 2.45) is 5.92 Å². The Bertz CT molecular complexity index is 486. The fourth-order valence-corrected chi connectivity index (χ4v) is 2.66. The van der Waals surface area contributed by atoms with Gasteiger partial charge in [0, 0.05) is 6.54 Å². The van der Waals surface area contributed by atoms with Gasteiger partial charge in [-0.2, -0.15) is 8.78 Å². The Morgan fingerprint density at radius 2 is 1.96 bits per heavy atom. The number of alkyl halides is 2. The van der Waals surface area contributed by atoms with Crippen molar-refractivity contribution >= 4 is 5.91 Å². The van der Waals surface area contributed by atoms with Crippen LogP contribution >= 0.6 is 0 Å². The minimum Gasteiger partial charge on any atom is -0.435 e. The van der Waals surface area contributed by atoms with Crippen molar-refractivity contribution in [2.45, 2.75) is 32.8 Å². The monoisotopic (exact) mass is 326 g/mol. The number of carbonyl (C=O) groups excluding carboxylic acids is 1. The van der Waals surface area contributed by atoms with Crippen LogP contribution in [0.2, 0.25) is 0 Å². The number of benzene rings is 1. The highest BCUT2D eigenvalue weighted by molar-refractivity contribution is 5.78. The summed E-state index contributed by atoms with van der Waals surface area (Å²) in [5, 5.41) is 2.90. The molecule has 4 nitrogen and oxygen atoms in total. The molecule has 0 aliphatic carbocycles. The molecule has 1 fully saturated rings. The van der Waals surface area contributed by atoms with Crippen LogP contribution in [0.3, 0.4) is 0 Å². The summed E-state index contributed by atoms with van der Waals surface area (Å²) in [6.07, 6.45) is 2.97. The number of nitrogens with zero attached hydrogens (tertiary/aromatic N) is 1. The van der Waals surface area contributed by atoms with E-state index >= 15 is 0 Å². The number of rotatable bonds is 7. The molecule has 1 aliphatic heterocycles. The molecule has 23 heavy (non-hydrogen) atoms. The minimum atomic E-state index is -2.81. The molecule has 0 atom stereocenters. The third-order valence-electron chi connectivity index (χ3n) is 4.13. The Labute approximate surface area is 135 Å². The number of ether oxygens (including phenoxy) is 1. The summed E-state index contributed by atoms with van der Waals surface area (Å²) in [6, 6.07) is 6.49. The molecule has 2 rings (SSSR count). The maximum atomic E-state index is 12.1. The number of halogens is 2. The maximum Gasteiger partial charge on any atom is 0.387 e. The fraction of sp³-hybridized carbons (Fsp3) is 0.588. The van der Waals surface area contributed by atoms with Crippen LogP contribution in [0, 0.1) is 5.92 Å². The summed E-state index contributed by atoms with van der Waals surface area (Å²) in [6.45, 7) is 2.40. The lowest BCUT2D eigenvalue weighted by Crippen LogP contribution is -2.41. The highest BCUT2D eigenvalue weighted by atomic mass is 19.3. The molecule has 1 heterocycles. The molecule has 1 aromatic rings. The topological polar surface area (TPSA) is 41.6 Å². The Kier molecular flexibility index (Phi) is 6.77. The van der Waals surface area contributed by atoms with Crippen molar-refractivity contribution in [3.8, 4) is 5.75 Å². The van der Waals surface area contributed by atoms with E-state index in [9.17, 15) is 13.6 Å². The number of likely N-dealkylation sites (tertiary alicyclic amines) is 1. The van der Waals surface area contributed by atoms with Gasteiger partial charge in [0.05, 0.1) is 6.54 Å². The molecule has 6 heteroatoms. The maximum absolute atomic E-state index is 12.1. The Morgan fingerprint density at radius 3 is 2.57 bits per heavy atom. The molecule has 0 bridgehead atoms. The van der Waals surface area contributed by atoms with Crippen LogP contribution in [-0.4, -0.2) is 43.6 Å². The molecule has 1 saturated heterocycles. The van der Waals surface area contributed by atoms with Gasteiger partial charge in [0.25, 0.3) is 0 Å². The van der Waals surface area contributed by atoms with Gasteiger partial charge in [-0.15, -0.1) is 0 Å². The number of hydrogen-bond acceptors (Lipinski definition) is 3. The molecule has 0 radical (unpaired) electrons. The van der Waals surface area contributed by atoms with Gasteiger partial charge in [-0.3, -0.25) is 9.69 Å². The first kappa shape index (κ1) is 17.7. The number of amides is 1. The van der Waals surface area contributed by atoms with E-state index in [0.29, 0.717) is 19.5 Å². The second-order valence-corrected chi connectivity index (χ2v) is 6.08. The van der Waals surface area contributed by atoms with Crippen LogP contribution in [0.25, 0.3) is 0 Å². The van der Waals surface area contributed by atoms with E-state index in [4.69, 9.17) is 0 Å². The van der Waals surface area contributed by atoms with Gasteiger partial charge in [0.2, 0.25) is 5.91 Å². The first-order valence-electron chi connectivity index (χ1n) is 8.05. The quantitative estimate of drug-likeness (QED) is 0.838. The molecular formula is C17H24F2N2O2. The standard InChI is InChI=1S/C17H24F2N2O2/c1-13-7-10-21(11-8-13)12-16(22)20-9-6-14-2-4-15(5-3-14)23-17(18)19/h2-5,13,17H,6-12H2,1H3,(H,20,22). The second kappa shape index (κ2) is 8.82. The molecule has 0 saturated carbocycles. The van der Waals surface area contributed by atoms with E-state index in [2.05, 4.69) is 21.9 Å². The molecule has 0 unspecified atom stereocenters. The summed E-state index contributed by atoms with van der Waals surface area (Å²) in [4.78, 5) is 14.1. The predicted molar refractivity (Wildman–Crippen MR) is 84.6 cm³/mol. The van der Waals surface area contributed by atoms with Crippen LogP contribution < -0.4 is 10.1 Å². The molecule has 0 spiro atoms. The lowest BCUT2D eigenvalue weighted by Gasteiger charge is -2.29. The normalized spacial score (nSPS) is 16.5. The minimum absolute atomic E-state index is 0.0391. The van der Waals surface area contributed by atoms with Crippen LogP contribution in [0.1, 0.15) is 25.3 Å². The van der Waals surface area contributed by atoms with Crippen molar-refractivity contribution in [1.82, 2.24) is 10.2 Å². The third kappa shape index (κ3) is 6.52. The largest absolute Gasteiger partial charge is 0.435 e. The van der Waals surface area contributed by atoms with Crippen molar-refractivity contribution in [2.75, 3.05) is 26.2 Å². The molecular weight excluding hydrogens is 302 g/mol. The number of nitrogens with one attached hydrogen (secondary N) is 1. The smallest absolute Gasteiger partial charge is 0.387 e. The third-order valence-corrected chi connectivity index (χ3v) is 4.13. The van der Waals surface area contributed by atoms with E-state index in [1.54, 1.807) is 12.1 Å². The van der Waals surface area contributed by atoms with Gasteiger partial charge in [-0.25, -0.2) is 0 Å². The molecule has 1 aromatic carbocycles. The Morgan fingerprint density at radius 1 is 1.30 bits per heavy atom. The molecule has 1 N–H and O–H groups in total. The Hall–Kier alpha value is -1.69. The van der Waals surface area contributed by atoms with Crippen molar-refractivity contribution < 1.29 is 18.3 Å². The zero-order valence-corrected chi connectivity index (χ0v) is 13.4. The van der Waals surface area contributed by atoms with E-state index in [-0.39, 0.29) is 11.7 Å². The summed E-state index contributed by atoms with van der Waals surface area (Å²) >= 11 is 0. The molecule has 1 amide bonds. The first-order chi connectivity index (χ1) is 11.0. The van der Waals surface area contributed by atoms with Crippen molar-refractivity contribution in [3.63, 3.8) is 0 Å². The first-order valence-corrected chi connectivity index (χ1v) is 8.05. The number of hydrogen-bond donors (Lipinski definition) is 1. The van der Waals surface area contributed by atoms with Gasteiger partial charge < -0.3 is 10.1 Å². The summed E-state index contributed by atoms with van der Waals surface area (Å²) in [7, 11) is 0. The van der Waals surface area contributed by atoms with Crippen LogP contribution in [-0.2, 0) is 11.2 Å². The van der Waals surface area contributed by atoms with E-state index in [0.717, 1.165) is 37.4 Å². The molecule has 128 valence electrons. The van der Waals surface area contributed by atoms with Crippen LogP contribution in [0.5, 0.6) is 5.75 Å². The molecule has 1 aliphatic rings. The molecule has 0 aromatic heterocycles. The lowest BCUT2D eigenvalue weighted by atomic mass is 9.99. The van der Waals surface area contributed by atoms with Crippen LogP contribution in [0.15, 0.2) is 24.3 Å². The van der Waals surface area contributed by atoms with Crippen LogP contribution in [0.4, 0.5) is 8.78 Å². The van der Waals surface area contributed by atoms with E-state index in [1.165, 1.54) is 12.1 Å². The van der Waals surface area contributed by atoms with E-state index in [1.807, 2.05) is 0 Å². The average Bonchev–Trinajstić information content (AvgIpc) is 2.51. The predicted octanol–water partition coefficient (Wildman–Crippen LogP) is 2.68. The summed E-state index contributed by atoms with van der Waals surface area (Å²) in [5.74, 6) is 0.940. The SMILES string of the molecule is CC1CCN(CC(=O)NCCc2ccc(OC(F)F)cc2)CC1. The number of carbonyl (C=O) groups is 1. The zero-order valence-electron chi connectivity index (χ0n) is 13.4. The van der Waals surface area contributed by atoms with Gasteiger partial charge >= 0.3 is 6.61 Å². The summed E-state index contributed by atoms with van der Waals surface area (Å²) < 4.78 is 28.4. The Balaban J connectivity index is 1.65. The zero-order chi connectivity index (χ0) is 16.7. The van der Waals surface area contributed by atoms with Gasteiger partial charge in [-0.1, -0.05) is 19.1 Å². The van der Waals surface area contributed by atoms with Crippen molar-refractivity contribution in [1.29, 1.82) is 0 Å². The fourth-order valence-electron chi connectivity index (χ4n) is 2.66. The number of piperidine rings is 1. The van der Waals surface area contributed by atoms with Crippen molar-refractivity contribution in [3.05, 3.63) is 29.8 Å². The van der Waals surface area contributed by atoms with E-state index < -0.39 is 6.61 Å². The van der Waals surface area contributed by atoms with Gasteiger partial charge in [0.1, 0.15) is 5.75 Å². The highest BCUT2D eigenvalue weighted by Gasteiger charge is 2.17. The van der Waals surface area contributed by atoms with Gasteiger partial charge in [-0.05, 0) is 56.0 Å². The van der Waals surface area contributed by atoms with Gasteiger partial charge in [0.15, 0.2) is 0 Å². The second-order valence-electron chi connectivity index (χ2n) is 6.08.